The molecule has 0 aliphatic rings. The van der Waals surface area contributed by atoms with Gasteiger partial charge in [-0.3, -0.25) is 0 Å². The lowest BCUT2D eigenvalue weighted by Gasteiger charge is -2.07. The van der Waals surface area contributed by atoms with Crippen LogP contribution < -0.4 is 0 Å². The zero-order chi connectivity index (χ0) is 16.6. The van der Waals surface area contributed by atoms with Crippen LogP contribution in [-0.2, 0) is 13.2 Å². The fourth-order valence-corrected chi connectivity index (χ4v) is 3.01. The molecule has 4 nitrogen and oxygen atoms in total. The van der Waals surface area contributed by atoms with Gasteiger partial charge < -0.3 is 4.57 Å². The van der Waals surface area contributed by atoms with Gasteiger partial charge in [-0.25, -0.2) is 15.0 Å². The predicted molar refractivity (Wildman–Crippen MR) is 83.1 cm³/mol. The molecule has 0 unspecified atom stereocenters. The van der Waals surface area contributed by atoms with E-state index in [-0.39, 0.29) is 5.52 Å². The van der Waals surface area contributed by atoms with Crippen LogP contribution in [0.2, 0.25) is 0 Å². The van der Waals surface area contributed by atoms with Gasteiger partial charge in [0.2, 0.25) is 0 Å². The van der Waals surface area contributed by atoms with E-state index in [0.29, 0.717) is 11.5 Å². The zero-order valence-corrected chi connectivity index (χ0v) is 13.2. The Morgan fingerprint density at radius 1 is 1.26 bits per heavy atom. The Bertz CT molecular complexity index is 858. The minimum absolute atomic E-state index is 0.216. The van der Waals surface area contributed by atoms with Crippen molar-refractivity contribution in [2.45, 2.75) is 18.1 Å². The van der Waals surface area contributed by atoms with E-state index < -0.39 is 11.7 Å². The molecule has 0 fully saturated rings. The van der Waals surface area contributed by atoms with Crippen molar-refractivity contribution in [3.05, 3.63) is 36.2 Å². The summed E-state index contributed by atoms with van der Waals surface area (Å²) >= 11 is 1.56. The lowest BCUT2D eigenvalue weighted by Crippen LogP contribution is -2.05. The zero-order valence-electron chi connectivity index (χ0n) is 12.4. The molecule has 0 aliphatic carbocycles. The highest BCUT2D eigenvalue weighted by Gasteiger charge is 2.31. The Balaban J connectivity index is 2.18. The number of hydrogen-bond acceptors (Lipinski definition) is 4. The first-order chi connectivity index (χ1) is 10.9. The molecule has 3 aromatic heterocycles. The first-order valence-corrected chi connectivity index (χ1v) is 7.88. The summed E-state index contributed by atoms with van der Waals surface area (Å²) in [5.74, 6) is 1.39. The fourth-order valence-electron chi connectivity index (χ4n) is 2.28. The summed E-state index contributed by atoms with van der Waals surface area (Å²) in [4.78, 5) is 12.6. The van der Waals surface area contributed by atoms with E-state index in [1.54, 1.807) is 35.6 Å². The normalized spacial score (nSPS) is 12.0. The Morgan fingerprint density at radius 2 is 2.04 bits per heavy atom. The minimum atomic E-state index is -4.43. The van der Waals surface area contributed by atoms with Gasteiger partial charge in [0.25, 0.3) is 0 Å². The highest BCUT2D eigenvalue weighted by atomic mass is 32.2. The maximum atomic E-state index is 12.8. The largest absolute Gasteiger partial charge is 0.417 e. The molecule has 0 saturated heterocycles. The number of aryl methyl sites for hydroxylation is 1. The molecule has 0 saturated carbocycles. The maximum Gasteiger partial charge on any atom is 0.417 e. The molecular weight excluding hydrogens is 325 g/mol. The first-order valence-electron chi connectivity index (χ1n) is 6.89. The van der Waals surface area contributed by atoms with Gasteiger partial charge in [-0.15, -0.1) is 11.8 Å². The van der Waals surface area contributed by atoms with E-state index in [1.807, 2.05) is 13.0 Å². The molecule has 0 aliphatic heterocycles. The molecule has 120 valence electrons. The van der Waals surface area contributed by atoms with Crippen molar-refractivity contribution in [3.63, 3.8) is 0 Å². The van der Waals surface area contributed by atoms with Gasteiger partial charge in [-0.05, 0) is 24.0 Å². The summed E-state index contributed by atoms with van der Waals surface area (Å²) in [5, 5.41) is 0.796. The van der Waals surface area contributed by atoms with Crippen molar-refractivity contribution < 1.29 is 13.2 Å². The van der Waals surface area contributed by atoms with E-state index in [2.05, 4.69) is 15.0 Å². The molecule has 3 rings (SSSR count). The fraction of sp³-hybridized carbons (Fsp3) is 0.267. The van der Waals surface area contributed by atoms with Crippen LogP contribution in [0.4, 0.5) is 13.2 Å². The predicted octanol–water partition coefficient (Wildman–Crippen LogP) is 4.16. The van der Waals surface area contributed by atoms with Crippen LogP contribution in [0.5, 0.6) is 0 Å². The molecule has 8 heteroatoms. The number of fused-ring (bicyclic) bond motifs is 1. The van der Waals surface area contributed by atoms with E-state index in [0.717, 1.165) is 28.6 Å². The van der Waals surface area contributed by atoms with Crippen molar-refractivity contribution in [1.29, 1.82) is 0 Å². The Morgan fingerprint density at radius 3 is 2.74 bits per heavy atom. The second-order valence-electron chi connectivity index (χ2n) is 4.85. The molecule has 0 atom stereocenters. The number of halogens is 3. The smallest absolute Gasteiger partial charge is 0.312 e. The molecule has 0 bridgehead atoms. The van der Waals surface area contributed by atoms with Crippen LogP contribution in [0.25, 0.3) is 22.6 Å². The highest BCUT2D eigenvalue weighted by Crippen LogP contribution is 2.33. The third-order valence-corrected chi connectivity index (χ3v) is 4.22. The molecule has 3 heterocycles. The maximum absolute atomic E-state index is 12.8. The monoisotopic (exact) mass is 338 g/mol. The second kappa shape index (κ2) is 5.84. The number of pyridine rings is 2. The van der Waals surface area contributed by atoms with Crippen LogP contribution >= 0.6 is 11.8 Å². The van der Waals surface area contributed by atoms with E-state index in [4.69, 9.17) is 0 Å². The lowest BCUT2D eigenvalue weighted by atomic mass is 10.2. The third-order valence-electron chi connectivity index (χ3n) is 3.33. The molecule has 0 amide bonds. The Kier molecular flexibility index (Phi) is 4.01. The van der Waals surface area contributed by atoms with Gasteiger partial charge in [0.15, 0.2) is 5.65 Å². The lowest BCUT2D eigenvalue weighted by molar-refractivity contribution is -0.137. The topological polar surface area (TPSA) is 43.6 Å². The average molecular weight is 338 g/mol. The first kappa shape index (κ1) is 15.8. The van der Waals surface area contributed by atoms with Gasteiger partial charge in [-0.2, -0.15) is 13.2 Å². The Labute approximate surface area is 134 Å². The van der Waals surface area contributed by atoms with Gasteiger partial charge in [0, 0.05) is 25.0 Å². The van der Waals surface area contributed by atoms with Crippen molar-refractivity contribution in [1.82, 2.24) is 19.5 Å². The number of rotatable bonds is 3. The van der Waals surface area contributed by atoms with Crippen molar-refractivity contribution in [2.75, 3.05) is 5.75 Å². The highest BCUT2D eigenvalue weighted by molar-refractivity contribution is 7.99. The summed E-state index contributed by atoms with van der Waals surface area (Å²) in [5.41, 5.74) is 0.607. The van der Waals surface area contributed by atoms with Crippen LogP contribution in [0.1, 0.15) is 12.5 Å². The summed E-state index contributed by atoms with van der Waals surface area (Å²) in [7, 11) is 1.73. The quantitative estimate of drug-likeness (QED) is 0.673. The summed E-state index contributed by atoms with van der Waals surface area (Å²) < 4.78 is 40.2. The molecule has 0 aromatic carbocycles. The summed E-state index contributed by atoms with van der Waals surface area (Å²) in [6, 6.07) is 4.66. The number of imidazole rings is 1. The van der Waals surface area contributed by atoms with Gasteiger partial charge in [0.1, 0.15) is 16.4 Å². The molecular formula is C15H13F3N4S. The standard InChI is InChI=1S/C15H13F3N4S/c1-3-23-14-10(5-4-6-19-14)12-21-11-7-9(15(16,17)18)8-20-13(11)22(12)2/h4-8H,3H2,1-2H3. The Hall–Kier alpha value is -2.09. The molecule has 0 radical (unpaired) electrons. The summed E-state index contributed by atoms with van der Waals surface area (Å²) in [6.07, 6.45) is -1.92. The van der Waals surface area contributed by atoms with Crippen LogP contribution in [0.15, 0.2) is 35.6 Å². The third kappa shape index (κ3) is 2.90. The van der Waals surface area contributed by atoms with E-state index in [9.17, 15) is 13.2 Å². The number of alkyl halides is 3. The van der Waals surface area contributed by atoms with Crippen LogP contribution in [-0.4, -0.2) is 25.3 Å². The van der Waals surface area contributed by atoms with Crippen molar-refractivity contribution in [2.24, 2.45) is 7.05 Å². The van der Waals surface area contributed by atoms with Crippen LogP contribution in [0.3, 0.4) is 0 Å². The second-order valence-corrected chi connectivity index (χ2v) is 6.10. The molecule has 0 N–H and O–H groups in total. The van der Waals surface area contributed by atoms with E-state index >= 15 is 0 Å². The van der Waals surface area contributed by atoms with Gasteiger partial charge in [0.05, 0.1) is 5.56 Å². The SMILES string of the molecule is CCSc1ncccc1-c1nc2cc(C(F)(F)F)cnc2n1C. The van der Waals surface area contributed by atoms with Crippen LogP contribution in [0, 0.1) is 0 Å². The average Bonchev–Trinajstić information content (AvgIpc) is 2.84. The number of aromatic nitrogens is 4. The van der Waals surface area contributed by atoms with Gasteiger partial charge in [-0.1, -0.05) is 6.92 Å². The van der Waals surface area contributed by atoms with Crippen molar-refractivity contribution in [3.8, 4) is 11.4 Å². The molecule has 0 spiro atoms. The molecule has 3 aromatic rings. The van der Waals surface area contributed by atoms with E-state index in [1.165, 1.54) is 0 Å². The number of hydrogen-bond donors (Lipinski definition) is 0. The minimum Gasteiger partial charge on any atom is -0.312 e. The molecule has 23 heavy (non-hydrogen) atoms. The number of thioether (sulfide) groups is 1. The summed E-state index contributed by atoms with van der Waals surface area (Å²) in [6.45, 7) is 2.01. The number of nitrogens with zero attached hydrogens (tertiary/aromatic N) is 4. The van der Waals surface area contributed by atoms with Crippen molar-refractivity contribution >= 4 is 22.9 Å². The van der Waals surface area contributed by atoms with Gasteiger partial charge >= 0.3 is 6.18 Å².